The summed E-state index contributed by atoms with van der Waals surface area (Å²) in [6, 6.07) is 8.12. The molecule has 1 aromatic carbocycles. The maximum Gasteiger partial charge on any atom is 0.413 e. The Morgan fingerprint density at radius 3 is 2.50 bits per heavy atom. The van der Waals surface area contributed by atoms with Crippen molar-refractivity contribution in [2.75, 3.05) is 19.6 Å². The molecule has 0 radical (unpaired) electrons. The van der Waals surface area contributed by atoms with Crippen LogP contribution in [0.4, 0.5) is 9.18 Å². The van der Waals surface area contributed by atoms with Crippen LogP contribution in [0.3, 0.4) is 0 Å². The number of nitrogens with one attached hydrogen (secondary N) is 1. The van der Waals surface area contributed by atoms with Gasteiger partial charge in [0.15, 0.2) is 0 Å². The molecule has 0 bridgehead atoms. The van der Waals surface area contributed by atoms with Crippen molar-refractivity contribution in [3.8, 4) is 0 Å². The van der Waals surface area contributed by atoms with Crippen molar-refractivity contribution in [1.82, 2.24) is 10.2 Å². The first-order valence-corrected chi connectivity index (χ1v) is 7.24. The SMILES string of the molecule is CC(C)(C)OC(=O)N1CCNCC1(F)C(=O)c1ccccc1. The summed E-state index contributed by atoms with van der Waals surface area (Å²) < 4.78 is 20.6. The summed E-state index contributed by atoms with van der Waals surface area (Å²) in [4.78, 5) is 25.7. The third kappa shape index (κ3) is 3.44. The van der Waals surface area contributed by atoms with Crippen LogP contribution < -0.4 is 5.32 Å². The molecule has 0 aliphatic carbocycles. The van der Waals surface area contributed by atoms with Crippen LogP contribution in [0.1, 0.15) is 31.1 Å². The fourth-order valence-corrected chi connectivity index (χ4v) is 2.28. The molecule has 1 N–H and O–H groups in total. The van der Waals surface area contributed by atoms with Gasteiger partial charge in [0.05, 0.1) is 6.54 Å². The molecule has 1 heterocycles. The van der Waals surface area contributed by atoms with Crippen LogP contribution in [0.25, 0.3) is 0 Å². The number of nitrogens with zero attached hydrogens (tertiary/aromatic N) is 1. The van der Waals surface area contributed by atoms with Gasteiger partial charge < -0.3 is 10.1 Å². The lowest BCUT2D eigenvalue weighted by molar-refractivity contribution is -0.0477. The summed E-state index contributed by atoms with van der Waals surface area (Å²) in [6.45, 7) is 5.33. The number of alkyl halides is 1. The maximum absolute atomic E-state index is 15.4. The predicted octanol–water partition coefficient (Wildman–Crippen LogP) is 2.38. The van der Waals surface area contributed by atoms with E-state index in [0.29, 0.717) is 6.54 Å². The molecule has 0 spiro atoms. The summed E-state index contributed by atoms with van der Waals surface area (Å²) in [5.74, 6) is -3.19. The highest BCUT2D eigenvalue weighted by Gasteiger charge is 2.50. The fraction of sp³-hybridized carbons (Fsp3) is 0.500. The Morgan fingerprint density at radius 2 is 1.91 bits per heavy atom. The molecule has 120 valence electrons. The van der Waals surface area contributed by atoms with E-state index in [9.17, 15) is 9.59 Å². The molecule has 22 heavy (non-hydrogen) atoms. The van der Waals surface area contributed by atoms with Gasteiger partial charge in [0, 0.05) is 18.7 Å². The average molecular weight is 308 g/mol. The predicted molar refractivity (Wildman–Crippen MR) is 80.4 cm³/mol. The van der Waals surface area contributed by atoms with Gasteiger partial charge in [-0.3, -0.25) is 9.69 Å². The van der Waals surface area contributed by atoms with Crippen molar-refractivity contribution in [1.29, 1.82) is 0 Å². The molecule has 1 aliphatic heterocycles. The molecule has 0 aromatic heterocycles. The van der Waals surface area contributed by atoms with E-state index in [4.69, 9.17) is 4.74 Å². The minimum Gasteiger partial charge on any atom is -0.444 e. The van der Waals surface area contributed by atoms with Crippen molar-refractivity contribution in [2.24, 2.45) is 0 Å². The van der Waals surface area contributed by atoms with E-state index >= 15 is 4.39 Å². The lowest BCUT2D eigenvalue weighted by Gasteiger charge is -2.40. The molecular formula is C16H21FN2O3. The zero-order chi connectivity index (χ0) is 16.4. The van der Waals surface area contributed by atoms with Crippen molar-refractivity contribution in [2.45, 2.75) is 32.2 Å². The van der Waals surface area contributed by atoms with Crippen LogP contribution in [0.15, 0.2) is 30.3 Å². The fourth-order valence-electron chi connectivity index (χ4n) is 2.28. The molecular weight excluding hydrogens is 287 g/mol. The van der Waals surface area contributed by atoms with Crippen LogP contribution in [0.2, 0.25) is 0 Å². The highest BCUT2D eigenvalue weighted by atomic mass is 19.1. The van der Waals surface area contributed by atoms with Crippen LogP contribution in [0, 0.1) is 0 Å². The number of hydrogen-bond donors (Lipinski definition) is 1. The van der Waals surface area contributed by atoms with E-state index in [2.05, 4.69) is 5.32 Å². The number of halogens is 1. The average Bonchev–Trinajstić information content (AvgIpc) is 2.46. The molecule has 1 atom stereocenters. The Morgan fingerprint density at radius 1 is 1.27 bits per heavy atom. The van der Waals surface area contributed by atoms with Gasteiger partial charge in [-0.2, -0.15) is 0 Å². The Bertz CT molecular complexity index is 556. The first-order valence-electron chi connectivity index (χ1n) is 7.24. The topological polar surface area (TPSA) is 58.6 Å². The number of ether oxygens (including phenoxy) is 1. The van der Waals surface area contributed by atoms with Crippen molar-refractivity contribution >= 4 is 11.9 Å². The molecule has 1 saturated heterocycles. The van der Waals surface area contributed by atoms with Crippen molar-refractivity contribution in [3.05, 3.63) is 35.9 Å². The first kappa shape index (κ1) is 16.4. The molecule has 1 aromatic rings. The van der Waals surface area contributed by atoms with Crippen molar-refractivity contribution in [3.63, 3.8) is 0 Å². The van der Waals surface area contributed by atoms with Crippen LogP contribution in [-0.2, 0) is 4.74 Å². The van der Waals surface area contributed by atoms with E-state index in [0.717, 1.165) is 4.90 Å². The second-order valence-electron chi connectivity index (χ2n) is 6.26. The third-order valence-corrected chi connectivity index (χ3v) is 3.30. The van der Waals surface area contributed by atoms with Gasteiger partial charge in [-0.05, 0) is 20.8 Å². The first-order chi connectivity index (χ1) is 10.2. The zero-order valence-corrected chi connectivity index (χ0v) is 13.1. The van der Waals surface area contributed by atoms with Gasteiger partial charge >= 0.3 is 6.09 Å². The quantitative estimate of drug-likeness (QED) is 0.673. The highest BCUT2D eigenvalue weighted by molar-refractivity contribution is 6.03. The number of piperazine rings is 1. The number of ketones is 1. The van der Waals surface area contributed by atoms with E-state index in [1.54, 1.807) is 39.0 Å². The van der Waals surface area contributed by atoms with Crippen LogP contribution in [0.5, 0.6) is 0 Å². The number of carbonyl (C=O) groups is 2. The Kier molecular flexibility index (Phi) is 4.51. The normalized spacial score (nSPS) is 22.3. The second kappa shape index (κ2) is 6.04. The number of amides is 1. The van der Waals surface area contributed by atoms with E-state index in [-0.39, 0.29) is 18.7 Å². The van der Waals surface area contributed by atoms with E-state index in [1.807, 2.05) is 0 Å². The molecule has 1 amide bonds. The maximum atomic E-state index is 15.4. The van der Waals surface area contributed by atoms with Gasteiger partial charge in [-0.15, -0.1) is 0 Å². The number of carbonyl (C=O) groups excluding carboxylic acids is 2. The number of hydrogen-bond acceptors (Lipinski definition) is 4. The Labute approximate surface area is 129 Å². The molecule has 1 aliphatic rings. The smallest absolute Gasteiger partial charge is 0.413 e. The molecule has 2 rings (SSSR count). The number of benzene rings is 1. The zero-order valence-electron chi connectivity index (χ0n) is 13.1. The summed E-state index contributed by atoms with van der Waals surface area (Å²) in [7, 11) is 0. The number of rotatable bonds is 2. The van der Waals surface area contributed by atoms with Crippen LogP contribution in [-0.4, -0.2) is 47.8 Å². The van der Waals surface area contributed by atoms with Gasteiger partial charge in [-0.25, -0.2) is 9.18 Å². The molecule has 5 nitrogen and oxygen atoms in total. The van der Waals surface area contributed by atoms with Crippen LogP contribution >= 0.6 is 0 Å². The van der Waals surface area contributed by atoms with Gasteiger partial charge in [0.25, 0.3) is 5.79 Å². The minimum absolute atomic E-state index is 0.0734. The Balaban J connectivity index is 2.28. The Hall–Kier alpha value is -1.95. The molecule has 1 fully saturated rings. The van der Waals surface area contributed by atoms with Crippen molar-refractivity contribution < 1.29 is 18.7 Å². The van der Waals surface area contributed by atoms with Gasteiger partial charge in [-0.1, -0.05) is 30.3 Å². The lowest BCUT2D eigenvalue weighted by atomic mass is 9.99. The highest BCUT2D eigenvalue weighted by Crippen LogP contribution is 2.27. The van der Waals surface area contributed by atoms with E-state index < -0.39 is 23.3 Å². The lowest BCUT2D eigenvalue weighted by Crippen LogP contribution is -2.65. The van der Waals surface area contributed by atoms with Gasteiger partial charge in [0.1, 0.15) is 5.60 Å². The third-order valence-electron chi connectivity index (χ3n) is 3.30. The minimum atomic E-state index is -2.44. The molecule has 6 heteroatoms. The summed E-state index contributed by atoms with van der Waals surface area (Å²) in [5, 5.41) is 2.83. The molecule has 0 saturated carbocycles. The number of Topliss-reactive ketones (excluding diaryl/α,β-unsaturated/α-hetero) is 1. The summed E-state index contributed by atoms with van der Waals surface area (Å²) in [6.07, 6.45) is -0.819. The van der Waals surface area contributed by atoms with Gasteiger partial charge in [0.2, 0.25) is 5.78 Å². The largest absolute Gasteiger partial charge is 0.444 e. The summed E-state index contributed by atoms with van der Waals surface area (Å²) >= 11 is 0. The molecule has 1 unspecified atom stereocenters. The monoisotopic (exact) mass is 308 g/mol. The second-order valence-corrected chi connectivity index (χ2v) is 6.26. The van der Waals surface area contributed by atoms with E-state index in [1.165, 1.54) is 12.1 Å². The summed E-state index contributed by atoms with van der Waals surface area (Å²) in [5.41, 5.74) is -0.527. The standard InChI is InChI=1S/C16H21FN2O3/c1-15(2,3)22-14(21)19-10-9-18-11-16(19,17)13(20)12-7-5-4-6-8-12/h4-8,18H,9-11H2,1-3H3.